The average molecular weight is 541 g/mol. The number of benzene rings is 2. The molecule has 2 aromatic carbocycles. The molecule has 0 saturated heterocycles. The maximum Gasteiger partial charge on any atom is 0.196 e. The predicted octanol–water partition coefficient (Wildman–Crippen LogP) is 5.84. The zero-order chi connectivity index (χ0) is 27.1. The highest BCUT2D eigenvalue weighted by atomic mass is 16.6. The first kappa shape index (κ1) is 24.9. The average Bonchev–Trinajstić information content (AvgIpc) is 3.82. The van der Waals surface area contributed by atoms with Gasteiger partial charge in [0.05, 0.1) is 0 Å². The Balaban J connectivity index is 0.000000132. The van der Waals surface area contributed by atoms with Gasteiger partial charge < -0.3 is 22.1 Å². The van der Waals surface area contributed by atoms with Crippen molar-refractivity contribution in [3.8, 4) is 22.5 Å². The van der Waals surface area contributed by atoms with Crippen LogP contribution in [0.25, 0.3) is 22.5 Å². The molecule has 4 aliphatic carbocycles. The predicted molar refractivity (Wildman–Crippen MR) is 154 cm³/mol. The number of rotatable bonds is 6. The molecule has 0 amide bonds. The monoisotopic (exact) mass is 540 g/mol. The molecule has 0 aliphatic heterocycles. The lowest BCUT2D eigenvalue weighted by atomic mass is 9.95. The first-order chi connectivity index (χ1) is 19.6. The van der Waals surface area contributed by atoms with E-state index in [2.05, 4.69) is 64.8 Å². The van der Waals surface area contributed by atoms with Crippen LogP contribution < -0.4 is 22.1 Å². The quantitative estimate of drug-likeness (QED) is 0.234. The second kappa shape index (κ2) is 10.5. The van der Waals surface area contributed by atoms with E-state index < -0.39 is 0 Å². The van der Waals surface area contributed by atoms with Crippen LogP contribution in [-0.2, 0) is 0 Å². The van der Waals surface area contributed by atoms with Crippen molar-refractivity contribution in [3.63, 3.8) is 0 Å². The Hall–Kier alpha value is -4.08. The lowest BCUT2D eigenvalue weighted by Crippen LogP contribution is -2.25. The van der Waals surface area contributed by atoms with Crippen LogP contribution in [-0.4, -0.2) is 32.7 Å². The van der Waals surface area contributed by atoms with Crippen LogP contribution in [0.4, 0.5) is 23.0 Å². The van der Waals surface area contributed by atoms with Gasteiger partial charge in [-0.2, -0.15) is 0 Å². The molecule has 4 aliphatic rings. The van der Waals surface area contributed by atoms with E-state index in [1.807, 2.05) is 24.3 Å². The first-order valence-corrected chi connectivity index (χ1v) is 14.5. The third-order valence-electron chi connectivity index (χ3n) is 9.52. The van der Waals surface area contributed by atoms with E-state index in [9.17, 15) is 0 Å². The summed E-state index contributed by atoms with van der Waals surface area (Å²) in [4.78, 5) is 0. The van der Waals surface area contributed by atoms with Gasteiger partial charge in [-0.3, -0.25) is 0 Å². The van der Waals surface area contributed by atoms with Crippen molar-refractivity contribution < 1.29 is 9.26 Å². The number of nitrogens with zero attached hydrogens (tertiary/aromatic N) is 4. The van der Waals surface area contributed by atoms with Crippen LogP contribution in [0.3, 0.4) is 0 Å². The fourth-order valence-corrected chi connectivity index (χ4v) is 7.51. The minimum Gasteiger partial charge on any atom is -0.382 e. The molecule has 10 nitrogen and oxygen atoms in total. The minimum absolute atomic E-state index is 0.332. The fraction of sp³-hybridized carbons (Fsp3) is 0.467. The van der Waals surface area contributed by atoms with E-state index in [0.717, 1.165) is 34.8 Å². The van der Waals surface area contributed by atoms with Crippen molar-refractivity contribution in [2.75, 3.05) is 22.1 Å². The van der Waals surface area contributed by atoms with Gasteiger partial charge in [0.15, 0.2) is 23.0 Å². The zero-order valence-electron chi connectivity index (χ0n) is 22.5. The highest BCUT2D eigenvalue weighted by Gasteiger charge is 2.40. The van der Waals surface area contributed by atoms with Crippen LogP contribution in [0.5, 0.6) is 0 Å². The number of nitrogen functional groups attached to an aromatic ring is 2. The summed E-state index contributed by atoms with van der Waals surface area (Å²) in [7, 11) is 0. The smallest absolute Gasteiger partial charge is 0.196 e. The highest BCUT2D eigenvalue weighted by molar-refractivity contribution is 5.71. The molecule has 10 heteroatoms. The Labute approximate surface area is 233 Å². The van der Waals surface area contributed by atoms with E-state index >= 15 is 0 Å². The van der Waals surface area contributed by atoms with Crippen molar-refractivity contribution in [1.82, 2.24) is 20.6 Å². The van der Waals surface area contributed by atoms with Gasteiger partial charge in [0.2, 0.25) is 0 Å². The molecule has 40 heavy (non-hydrogen) atoms. The van der Waals surface area contributed by atoms with Gasteiger partial charge in [-0.15, -0.1) is 0 Å². The van der Waals surface area contributed by atoms with Crippen molar-refractivity contribution in [1.29, 1.82) is 0 Å². The summed E-state index contributed by atoms with van der Waals surface area (Å²) >= 11 is 0. The molecule has 2 aromatic heterocycles. The van der Waals surface area contributed by atoms with Gasteiger partial charge in [0.25, 0.3) is 0 Å². The maximum atomic E-state index is 5.70. The Kier molecular flexibility index (Phi) is 6.53. The molecular formula is C30H36N8O2. The second-order valence-corrected chi connectivity index (χ2v) is 12.0. The molecule has 0 radical (unpaired) electrons. The molecule has 4 bridgehead atoms. The van der Waals surface area contributed by atoms with Crippen LogP contribution >= 0.6 is 0 Å². The van der Waals surface area contributed by atoms with Crippen molar-refractivity contribution in [2.45, 2.75) is 63.5 Å². The molecule has 2 heterocycles. The number of nitrogens with two attached hydrogens (primary N) is 2. The number of aromatic nitrogens is 4. The third kappa shape index (κ3) is 4.98. The molecular weight excluding hydrogens is 504 g/mol. The molecule has 4 saturated carbocycles. The first-order valence-electron chi connectivity index (χ1n) is 14.5. The Morgan fingerprint density at radius 3 is 1.27 bits per heavy atom. The van der Waals surface area contributed by atoms with Gasteiger partial charge >= 0.3 is 0 Å². The largest absolute Gasteiger partial charge is 0.382 e. The lowest BCUT2D eigenvalue weighted by molar-refractivity contribution is 0.310. The van der Waals surface area contributed by atoms with E-state index in [0.29, 0.717) is 35.1 Å². The van der Waals surface area contributed by atoms with Crippen LogP contribution in [0.1, 0.15) is 51.4 Å². The molecule has 0 spiro atoms. The summed E-state index contributed by atoms with van der Waals surface area (Å²) < 4.78 is 9.26. The number of hydrogen-bond acceptors (Lipinski definition) is 10. The van der Waals surface area contributed by atoms with Gasteiger partial charge in [-0.05, 0) is 107 Å². The van der Waals surface area contributed by atoms with Crippen LogP contribution in [0.2, 0.25) is 0 Å². The molecule has 6 N–H and O–H groups in total. The van der Waals surface area contributed by atoms with Crippen molar-refractivity contribution in [2.24, 2.45) is 23.7 Å². The van der Waals surface area contributed by atoms with Crippen LogP contribution in [0.15, 0.2) is 57.8 Å². The fourth-order valence-electron chi connectivity index (χ4n) is 7.51. The summed E-state index contributed by atoms with van der Waals surface area (Å²) in [5, 5.41) is 22.2. The maximum absolute atomic E-state index is 5.70. The van der Waals surface area contributed by atoms with Crippen molar-refractivity contribution >= 4 is 23.0 Å². The van der Waals surface area contributed by atoms with E-state index in [4.69, 9.17) is 11.5 Å². The molecule has 4 aromatic rings. The Morgan fingerprint density at radius 1 is 0.550 bits per heavy atom. The highest BCUT2D eigenvalue weighted by Crippen LogP contribution is 2.46. The topological polar surface area (TPSA) is 154 Å². The standard InChI is InChI=1S/2C15H18N4O/c2*16-15-14(18-20-19-15)10-3-5-12(6-4-10)17-13-8-9-1-2-11(13)7-9/h2*3-6,9,11,13,17H,1-2,7-8H2,(H2,16,19). The summed E-state index contributed by atoms with van der Waals surface area (Å²) in [6.07, 6.45) is 11.1. The molecule has 208 valence electrons. The van der Waals surface area contributed by atoms with Gasteiger partial charge in [-0.25, -0.2) is 9.26 Å². The summed E-state index contributed by atoms with van der Waals surface area (Å²) in [5.41, 5.74) is 16.8. The molecule has 6 atom stereocenters. The minimum atomic E-state index is 0.332. The zero-order valence-corrected chi connectivity index (χ0v) is 22.5. The molecule has 8 rings (SSSR count). The van der Waals surface area contributed by atoms with Gasteiger partial charge in [0, 0.05) is 34.6 Å². The Bertz CT molecular complexity index is 1320. The number of fused-ring (bicyclic) bond motifs is 4. The molecule has 6 unspecified atom stereocenters. The normalized spacial score (nSPS) is 27.9. The van der Waals surface area contributed by atoms with E-state index in [-0.39, 0.29) is 0 Å². The van der Waals surface area contributed by atoms with E-state index in [1.54, 1.807) is 0 Å². The Morgan fingerprint density at radius 2 is 0.975 bits per heavy atom. The van der Waals surface area contributed by atoms with Crippen molar-refractivity contribution in [3.05, 3.63) is 48.5 Å². The van der Waals surface area contributed by atoms with Crippen LogP contribution in [0, 0.1) is 23.7 Å². The second-order valence-electron chi connectivity index (χ2n) is 12.0. The summed E-state index contributed by atoms with van der Waals surface area (Å²) in [6.45, 7) is 0. The number of nitrogens with one attached hydrogen (secondary N) is 2. The third-order valence-corrected chi connectivity index (χ3v) is 9.52. The molecule has 4 fully saturated rings. The van der Waals surface area contributed by atoms with Gasteiger partial charge in [0.1, 0.15) is 0 Å². The SMILES string of the molecule is Nc1nonc1-c1ccc(NC2CC3CCC2C3)cc1.Nc1nonc1-c1ccc(NC2CC3CCC2C3)cc1. The number of hydrogen-bond donors (Lipinski definition) is 4. The lowest BCUT2D eigenvalue weighted by Gasteiger charge is -2.24. The summed E-state index contributed by atoms with van der Waals surface area (Å²) in [6, 6.07) is 17.6. The van der Waals surface area contributed by atoms with Gasteiger partial charge in [-0.1, -0.05) is 37.1 Å². The van der Waals surface area contributed by atoms with E-state index in [1.165, 1.54) is 62.7 Å². The number of anilines is 4. The summed E-state index contributed by atoms with van der Waals surface area (Å²) in [5.74, 6) is 4.32.